The number of methoxy groups -OCH3 is 1. The molecule has 98 heavy (non-hydrogen) atoms. The molecule has 4 amide bonds. The van der Waals surface area contributed by atoms with Crippen LogP contribution in [0.4, 0.5) is 0 Å². The number of nitrogens with two attached hydrogens (primary N) is 1. The molecule has 2 aromatic heterocycles. The SMILES string of the molecule is CC[C@@]1(O)C(=O)OCc2c1cc1n(c2=O)Cc2c-1nc1cc3c(cc1c2[Si](C)(C)CCCOCNC(=O)[C@H](C)NC(=O)[C@@H](NC(=O)[C@H](CCCCN)NC(=O)CCOCCOCCOCCOCCOCCOCCOCCOCCOCCOCCOCCOC)C(C)C)OCO3. The molecule has 0 bridgehead atoms. The summed E-state index contributed by atoms with van der Waals surface area (Å²) < 4.78 is 89.8. The Hall–Kier alpha value is -5.85. The molecule has 0 saturated carbocycles. The van der Waals surface area contributed by atoms with Crippen LogP contribution >= 0.6 is 0 Å². The topological polar surface area (TPSA) is 362 Å². The van der Waals surface area contributed by atoms with Crippen LogP contribution in [0.1, 0.15) is 82.9 Å². The molecule has 3 aliphatic heterocycles. The van der Waals surface area contributed by atoms with Crippen LogP contribution in [0.15, 0.2) is 23.0 Å². The quantitative estimate of drug-likeness (QED) is 0.0158. The molecule has 3 aliphatic rings. The summed E-state index contributed by atoms with van der Waals surface area (Å²) >= 11 is 0. The van der Waals surface area contributed by atoms with E-state index < -0.39 is 61.4 Å². The minimum atomic E-state index is -2.44. The molecule has 5 heterocycles. The van der Waals surface area contributed by atoms with Gasteiger partial charge in [-0.05, 0) is 74.4 Å². The Bertz CT molecular complexity index is 3000. The van der Waals surface area contributed by atoms with Crippen molar-refractivity contribution < 1.29 is 105 Å². The average Bonchev–Trinajstić information content (AvgIpc) is 1.52. The van der Waals surface area contributed by atoms with Crippen LogP contribution in [-0.2, 0) is 109 Å². The summed E-state index contributed by atoms with van der Waals surface area (Å²) in [6, 6.07) is 3.26. The predicted molar refractivity (Wildman–Crippen MR) is 361 cm³/mol. The predicted octanol–water partition coefficient (Wildman–Crippen LogP) is 1.68. The van der Waals surface area contributed by atoms with Gasteiger partial charge in [-0.15, -0.1) is 0 Å². The van der Waals surface area contributed by atoms with Crippen molar-refractivity contribution in [1.82, 2.24) is 30.8 Å². The third-order valence-electron chi connectivity index (χ3n) is 16.5. The molecule has 30 nitrogen and oxygen atoms in total. The molecule has 4 atom stereocenters. The van der Waals surface area contributed by atoms with Gasteiger partial charge in [-0.2, -0.15) is 0 Å². The maximum atomic E-state index is 14.1. The number of pyridine rings is 2. The summed E-state index contributed by atoms with van der Waals surface area (Å²) in [5.41, 5.74) is 6.55. The Labute approximate surface area is 575 Å². The second-order valence-corrected chi connectivity index (χ2v) is 29.3. The Morgan fingerprint density at radius 3 is 1.66 bits per heavy atom. The van der Waals surface area contributed by atoms with Gasteiger partial charge in [0.2, 0.25) is 30.4 Å². The van der Waals surface area contributed by atoms with E-state index in [4.69, 9.17) is 86.5 Å². The number of cyclic esters (lactones) is 1. The number of aliphatic hydroxyl groups is 1. The number of hydrogen-bond acceptors (Lipinski definition) is 25. The highest BCUT2D eigenvalue weighted by atomic mass is 28.3. The number of esters is 1. The van der Waals surface area contributed by atoms with Gasteiger partial charge in [0.15, 0.2) is 17.1 Å². The van der Waals surface area contributed by atoms with E-state index >= 15 is 0 Å². The fourth-order valence-corrected chi connectivity index (χ4v) is 14.3. The van der Waals surface area contributed by atoms with E-state index in [0.29, 0.717) is 193 Å². The van der Waals surface area contributed by atoms with Gasteiger partial charge in [-0.1, -0.05) is 39.9 Å². The zero-order chi connectivity index (χ0) is 70.6. The number of carbonyl (C=O) groups is 5. The van der Waals surface area contributed by atoms with Gasteiger partial charge < -0.3 is 112 Å². The monoisotopic (exact) mass is 1410 g/mol. The van der Waals surface area contributed by atoms with E-state index in [1.807, 2.05) is 12.1 Å². The molecule has 0 radical (unpaired) electrons. The smallest absolute Gasteiger partial charge is 0.343 e. The molecule has 7 N–H and O–H groups in total. The van der Waals surface area contributed by atoms with Crippen molar-refractivity contribution >= 4 is 53.8 Å². The Morgan fingerprint density at radius 2 is 1.15 bits per heavy atom. The van der Waals surface area contributed by atoms with Crippen LogP contribution < -0.4 is 47.2 Å². The number of nitrogens with zero attached hydrogens (tertiary/aromatic N) is 2. The Morgan fingerprint density at radius 1 is 0.633 bits per heavy atom. The van der Waals surface area contributed by atoms with Crippen LogP contribution in [0.2, 0.25) is 19.1 Å². The molecule has 31 heteroatoms. The Kier molecular flexibility index (Phi) is 36.8. The van der Waals surface area contributed by atoms with E-state index in [9.17, 15) is 33.9 Å². The molecular weight excluding hydrogens is 1300 g/mol. The number of fused-ring (bicyclic) bond motifs is 6. The Balaban J connectivity index is 0.787. The number of benzene rings is 1. The van der Waals surface area contributed by atoms with Crippen LogP contribution in [0.3, 0.4) is 0 Å². The van der Waals surface area contributed by atoms with Crippen molar-refractivity contribution in [2.24, 2.45) is 11.7 Å². The van der Waals surface area contributed by atoms with Gasteiger partial charge in [-0.3, -0.25) is 24.0 Å². The number of rotatable bonds is 55. The third-order valence-corrected chi connectivity index (χ3v) is 20.0. The van der Waals surface area contributed by atoms with Crippen molar-refractivity contribution in [3.8, 4) is 22.9 Å². The molecule has 0 unspecified atom stereocenters. The number of aromatic nitrogens is 2. The second kappa shape index (κ2) is 44.4. The first-order valence-electron chi connectivity index (χ1n) is 34.2. The first kappa shape index (κ1) is 81.1. The normalized spacial score (nSPS) is 15.6. The van der Waals surface area contributed by atoms with Gasteiger partial charge in [0.25, 0.3) is 5.56 Å². The molecule has 0 spiro atoms. The van der Waals surface area contributed by atoms with Crippen molar-refractivity contribution in [3.63, 3.8) is 0 Å². The molecule has 1 aromatic carbocycles. The molecule has 6 rings (SSSR count). The van der Waals surface area contributed by atoms with Crippen LogP contribution in [-0.4, -0.2) is 256 Å². The molecule has 0 aliphatic carbocycles. The number of hydrogen-bond donors (Lipinski definition) is 6. The minimum absolute atomic E-state index is 0.0140. The van der Waals surface area contributed by atoms with Gasteiger partial charge in [0.1, 0.15) is 31.5 Å². The highest BCUT2D eigenvalue weighted by molar-refractivity contribution is 6.91. The zero-order valence-electron chi connectivity index (χ0n) is 58.4. The summed E-state index contributed by atoms with van der Waals surface area (Å²) in [6.45, 7) is 21.8. The summed E-state index contributed by atoms with van der Waals surface area (Å²) in [4.78, 5) is 85.8. The standard InChI is InChI=1S/C67H107N7O23Si/c1-8-67(81)52-41-55-60-50(43-74(55)65(79)51(52)44-95-66(67)80)61(49-40-56-57(97-46-96-56)42-54(49)72-60)98(6,7)39-11-15-94-45-69-62(76)48(4)70-64(78)59(47(2)3)73-63(77)53(12-9-10-14-68)71-58(75)13-16-83-19-20-85-23-24-87-27-28-89-31-32-91-35-36-93-38-37-92-34-33-90-30-29-88-26-25-86-22-21-84-18-17-82-5/h40-42,47-48,53,59,81H,8-39,43-46,68H2,1-7H3,(H,69,76)(H,70,78)(H,71,75)(H,73,77)/t48-,53-,59-,67-/m0/s1. The fourth-order valence-electron chi connectivity index (χ4n) is 11.1. The largest absolute Gasteiger partial charge is 0.458 e. The number of nitrogens with one attached hydrogen (secondary N) is 4. The molecule has 3 aromatic rings. The van der Waals surface area contributed by atoms with E-state index in [-0.39, 0.29) is 88.4 Å². The molecule has 552 valence electrons. The number of ether oxygens (including phenoxy) is 16. The van der Waals surface area contributed by atoms with Crippen molar-refractivity contribution in [2.75, 3.05) is 186 Å². The van der Waals surface area contributed by atoms with Gasteiger partial charge in [0.05, 0.1) is 189 Å². The van der Waals surface area contributed by atoms with Crippen LogP contribution in [0.5, 0.6) is 11.5 Å². The summed E-state index contributed by atoms with van der Waals surface area (Å²) in [5.74, 6) is -2.05. The average molecular weight is 1410 g/mol. The molecule has 0 fully saturated rings. The van der Waals surface area contributed by atoms with Gasteiger partial charge >= 0.3 is 5.97 Å². The highest BCUT2D eigenvalue weighted by Crippen LogP contribution is 2.42. The lowest BCUT2D eigenvalue weighted by atomic mass is 9.86. The lowest BCUT2D eigenvalue weighted by Crippen LogP contribution is -2.57. The van der Waals surface area contributed by atoms with Crippen LogP contribution in [0, 0.1) is 5.92 Å². The fraction of sp³-hybridized carbons (Fsp3) is 0.716. The van der Waals surface area contributed by atoms with E-state index in [0.717, 1.165) is 22.2 Å². The summed E-state index contributed by atoms with van der Waals surface area (Å²) in [6.07, 6.45) is 2.09. The maximum absolute atomic E-state index is 14.1. The zero-order valence-corrected chi connectivity index (χ0v) is 59.4. The van der Waals surface area contributed by atoms with Crippen LogP contribution in [0.25, 0.3) is 22.3 Å². The van der Waals surface area contributed by atoms with E-state index in [1.165, 1.54) is 6.92 Å². The van der Waals surface area contributed by atoms with Crippen molar-refractivity contribution in [1.29, 1.82) is 0 Å². The molecular formula is C67H107N7O23Si. The highest BCUT2D eigenvalue weighted by Gasteiger charge is 2.46. The number of unbranched alkanes of at least 4 members (excludes halogenated alkanes) is 1. The van der Waals surface area contributed by atoms with Crippen molar-refractivity contribution in [3.05, 3.63) is 45.2 Å². The lowest BCUT2D eigenvalue weighted by molar-refractivity contribution is -0.172. The number of carbonyl (C=O) groups excluding carboxylic acids is 5. The first-order chi connectivity index (χ1) is 47.4. The van der Waals surface area contributed by atoms with Crippen molar-refractivity contribution in [2.45, 2.75) is 122 Å². The lowest BCUT2D eigenvalue weighted by Gasteiger charge is -2.31. The maximum Gasteiger partial charge on any atom is 0.343 e. The van der Waals surface area contributed by atoms with Gasteiger partial charge in [0, 0.05) is 37.2 Å². The minimum Gasteiger partial charge on any atom is -0.458 e. The second-order valence-electron chi connectivity index (χ2n) is 24.6. The number of amides is 4. The first-order valence-corrected chi connectivity index (χ1v) is 37.4. The van der Waals surface area contributed by atoms with E-state index in [2.05, 4.69) is 34.4 Å². The third kappa shape index (κ3) is 26.0. The van der Waals surface area contributed by atoms with E-state index in [1.54, 1.807) is 38.5 Å². The molecule has 0 saturated heterocycles. The van der Waals surface area contributed by atoms with Gasteiger partial charge in [-0.25, -0.2) is 9.78 Å². The summed E-state index contributed by atoms with van der Waals surface area (Å²) in [7, 11) is -0.809. The summed E-state index contributed by atoms with van der Waals surface area (Å²) in [5, 5.41) is 24.5.